The standard InChI is InChI=1S/C9H10BrClS/c1-6(2)12-8-5-3-4-7(11)9(8)10/h3-6H,1-2H3. The number of hydrogen-bond donors (Lipinski definition) is 0. The van der Waals surface area contributed by atoms with Crippen molar-refractivity contribution >= 4 is 39.3 Å². The quantitative estimate of drug-likeness (QED) is 0.704. The molecule has 0 bridgehead atoms. The molecule has 0 saturated carbocycles. The summed E-state index contributed by atoms with van der Waals surface area (Å²) in [6.07, 6.45) is 0. The van der Waals surface area contributed by atoms with Gasteiger partial charge in [-0.3, -0.25) is 0 Å². The van der Waals surface area contributed by atoms with Gasteiger partial charge in [0.15, 0.2) is 0 Å². The first-order valence-corrected chi connectivity index (χ1v) is 5.77. The van der Waals surface area contributed by atoms with Crippen LogP contribution in [0.4, 0.5) is 0 Å². The Balaban J connectivity index is 2.92. The van der Waals surface area contributed by atoms with Gasteiger partial charge in [-0.1, -0.05) is 31.5 Å². The highest BCUT2D eigenvalue weighted by atomic mass is 79.9. The Hall–Kier alpha value is 0.340. The van der Waals surface area contributed by atoms with E-state index in [4.69, 9.17) is 11.6 Å². The van der Waals surface area contributed by atoms with Crippen LogP contribution in [-0.2, 0) is 0 Å². The Bertz CT molecular complexity index is 273. The molecule has 0 aromatic heterocycles. The molecule has 0 nitrogen and oxygen atoms in total. The minimum Gasteiger partial charge on any atom is -0.122 e. The Morgan fingerprint density at radius 3 is 2.67 bits per heavy atom. The van der Waals surface area contributed by atoms with Gasteiger partial charge in [0, 0.05) is 14.6 Å². The summed E-state index contributed by atoms with van der Waals surface area (Å²) in [5.41, 5.74) is 0. The topological polar surface area (TPSA) is 0 Å². The van der Waals surface area contributed by atoms with Crippen LogP contribution in [-0.4, -0.2) is 5.25 Å². The van der Waals surface area contributed by atoms with Gasteiger partial charge in [-0.15, -0.1) is 11.8 Å². The van der Waals surface area contributed by atoms with Crippen molar-refractivity contribution in [1.29, 1.82) is 0 Å². The summed E-state index contributed by atoms with van der Waals surface area (Å²) >= 11 is 11.2. The molecule has 1 rings (SSSR count). The molecule has 0 amide bonds. The molecule has 0 aliphatic heterocycles. The zero-order valence-corrected chi connectivity index (χ0v) is 10.1. The van der Waals surface area contributed by atoms with E-state index in [2.05, 4.69) is 35.8 Å². The fourth-order valence-corrected chi connectivity index (χ4v) is 2.48. The number of hydrogen-bond acceptors (Lipinski definition) is 1. The molecule has 0 unspecified atom stereocenters. The summed E-state index contributed by atoms with van der Waals surface area (Å²) in [5.74, 6) is 0. The molecule has 0 fully saturated rings. The van der Waals surface area contributed by atoms with E-state index >= 15 is 0 Å². The van der Waals surface area contributed by atoms with E-state index < -0.39 is 0 Å². The molecule has 12 heavy (non-hydrogen) atoms. The lowest BCUT2D eigenvalue weighted by Crippen LogP contribution is -1.86. The lowest BCUT2D eigenvalue weighted by Gasteiger charge is -2.07. The predicted molar refractivity (Wildman–Crippen MR) is 60.1 cm³/mol. The van der Waals surface area contributed by atoms with E-state index in [0.717, 1.165) is 9.50 Å². The average molecular weight is 266 g/mol. The van der Waals surface area contributed by atoms with Gasteiger partial charge in [0.1, 0.15) is 0 Å². The maximum absolute atomic E-state index is 5.94. The van der Waals surface area contributed by atoms with Crippen molar-refractivity contribution in [1.82, 2.24) is 0 Å². The molecule has 0 radical (unpaired) electrons. The molecule has 66 valence electrons. The maximum atomic E-state index is 5.94. The summed E-state index contributed by atoms with van der Waals surface area (Å²) in [4.78, 5) is 1.21. The zero-order valence-electron chi connectivity index (χ0n) is 6.97. The Morgan fingerprint density at radius 1 is 1.42 bits per heavy atom. The zero-order chi connectivity index (χ0) is 9.14. The first-order chi connectivity index (χ1) is 5.61. The van der Waals surface area contributed by atoms with Crippen LogP contribution in [0.1, 0.15) is 13.8 Å². The molecule has 0 atom stereocenters. The average Bonchev–Trinajstić information content (AvgIpc) is 1.98. The molecule has 0 N–H and O–H groups in total. The molecule has 0 aliphatic rings. The van der Waals surface area contributed by atoms with Crippen molar-refractivity contribution < 1.29 is 0 Å². The van der Waals surface area contributed by atoms with Crippen LogP contribution < -0.4 is 0 Å². The molecule has 0 saturated heterocycles. The fraction of sp³-hybridized carbons (Fsp3) is 0.333. The van der Waals surface area contributed by atoms with Gasteiger partial charge in [0.25, 0.3) is 0 Å². The second-order valence-electron chi connectivity index (χ2n) is 2.72. The third-order valence-electron chi connectivity index (χ3n) is 1.28. The van der Waals surface area contributed by atoms with Crippen LogP contribution in [0.5, 0.6) is 0 Å². The summed E-state index contributed by atoms with van der Waals surface area (Å²) in [6, 6.07) is 5.93. The van der Waals surface area contributed by atoms with Crippen molar-refractivity contribution in [2.24, 2.45) is 0 Å². The summed E-state index contributed by atoms with van der Waals surface area (Å²) in [7, 11) is 0. The van der Waals surface area contributed by atoms with Crippen LogP contribution in [0.15, 0.2) is 27.6 Å². The van der Waals surface area contributed by atoms with Crippen molar-refractivity contribution in [3.8, 4) is 0 Å². The number of thioether (sulfide) groups is 1. The molecule has 0 spiro atoms. The second-order valence-corrected chi connectivity index (χ2v) is 5.54. The number of rotatable bonds is 2. The van der Waals surface area contributed by atoms with Crippen molar-refractivity contribution in [3.05, 3.63) is 27.7 Å². The smallest absolute Gasteiger partial charge is 0.0559 e. The maximum Gasteiger partial charge on any atom is 0.0559 e. The van der Waals surface area contributed by atoms with Gasteiger partial charge >= 0.3 is 0 Å². The fourth-order valence-electron chi connectivity index (χ4n) is 0.829. The number of halogens is 2. The lowest BCUT2D eigenvalue weighted by molar-refractivity contribution is 1.11. The summed E-state index contributed by atoms with van der Waals surface area (Å²) < 4.78 is 1.00. The first-order valence-electron chi connectivity index (χ1n) is 3.72. The van der Waals surface area contributed by atoms with E-state index in [-0.39, 0.29) is 0 Å². The highest BCUT2D eigenvalue weighted by Crippen LogP contribution is 2.34. The van der Waals surface area contributed by atoms with Crippen molar-refractivity contribution in [2.75, 3.05) is 0 Å². The Labute approximate surface area is 90.8 Å². The minimum atomic E-state index is 0.583. The van der Waals surface area contributed by atoms with Crippen LogP contribution in [0.25, 0.3) is 0 Å². The van der Waals surface area contributed by atoms with Gasteiger partial charge in [-0.2, -0.15) is 0 Å². The third-order valence-corrected chi connectivity index (χ3v) is 4.00. The van der Waals surface area contributed by atoms with Crippen LogP contribution >= 0.6 is 39.3 Å². The normalized spacial score (nSPS) is 10.8. The second kappa shape index (κ2) is 4.54. The lowest BCUT2D eigenvalue weighted by atomic mass is 10.4. The monoisotopic (exact) mass is 264 g/mol. The van der Waals surface area contributed by atoms with E-state index in [1.807, 2.05) is 23.9 Å². The molecular formula is C9H10BrClS. The summed E-state index contributed by atoms with van der Waals surface area (Å²) in [5, 5.41) is 1.36. The van der Waals surface area contributed by atoms with Gasteiger partial charge in [-0.05, 0) is 28.1 Å². The predicted octanol–water partition coefficient (Wildman–Crippen LogP) is 4.60. The molecular weight excluding hydrogens is 256 g/mol. The molecule has 0 aliphatic carbocycles. The number of benzene rings is 1. The van der Waals surface area contributed by atoms with E-state index in [0.29, 0.717) is 5.25 Å². The van der Waals surface area contributed by atoms with Gasteiger partial charge in [0.2, 0.25) is 0 Å². The van der Waals surface area contributed by atoms with Gasteiger partial charge in [0.05, 0.1) is 5.02 Å². The van der Waals surface area contributed by atoms with Crippen LogP contribution in [0, 0.1) is 0 Å². The van der Waals surface area contributed by atoms with Crippen molar-refractivity contribution in [3.63, 3.8) is 0 Å². The Kier molecular flexibility index (Phi) is 3.94. The van der Waals surface area contributed by atoms with Gasteiger partial charge < -0.3 is 0 Å². The summed E-state index contributed by atoms with van der Waals surface area (Å²) in [6.45, 7) is 4.33. The minimum absolute atomic E-state index is 0.583. The third kappa shape index (κ3) is 2.68. The van der Waals surface area contributed by atoms with E-state index in [9.17, 15) is 0 Å². The van der Waals surface area contributed by atoms with E-state index in [1.165, 1.54) is 4.90 Å². The van der Waals surface area contributed by atoms with Crippen LogP contribution in [0.2, 0.25) is 5.02 Å². The molecule has 0 heterocycles. The first kappa shape index (κ1) is 10.4. The Morgan fingerprint density at radius 2 is 2.08 bits per heavy atom. The molecule has 3 heteroatoms. The molecule has 1 aromatic carbocycles. The van der Waals surface area contributed by atoms with Crippen molar-refractivity contribution in [2.45, 2.75) is 24.0 Å². The SMILES string of the molecule is CC(C)Sc1cccc(Cl)c1Br. The van der Waals surface area contributed by atoms with Crippen LogP contribution in [0.3, 0.4) is 0 Å². The largest absolute Gasteiger partial charge is 0.122 e. The van der Waals surface area contributed by atoms with E-state index in [1.54, 1.807) is 0 Å². The molecule has 1 aromatic rings. The highest BCUT2D eigenvalue weighted by molar-refractivity contribution is 9.10. The van der Waals surface area contributed by atoms with Gasteiger partial charge in [-0.25, -0.2) is 0 Å². The highest BCUT2D eigenvalue weighted by Gasteiger charge is 2.05.